The summed E-state index contributed by atoms with van der Waals surface area (Å²) in [5.41, 5.74) is 1.74. The Kier molecular flexibility index (Phi) is 6.43. The fourth-order valence-corrected chi connectivity index (χ4v) is 4.10. The van der Waals surface area contributed by atoms with Crippen molar-refractivity contribution in [2.45, 2.75) is 84.1 Å². The van der Waals surface area contributed by atoms with Gasteiger partial charge in [-0.25, -0.2) is 0 Å². The molecule has 0 aromatic rings. The highest BCUT2D eigenvalue weighted by molar-refractivity contribution is 5.17. The Morgan fingerprint density at radius 1 is 1.21 bits per heavy atom. The highest BCUT2D eigenvalue weighted by atomic mass is 14.9. The van der Waals surface area contributed by atoms with Crippen molar-refractivity contribution in [1.29, 1.82) is 0 Å². The number of likely N-dealkylation sites (N-methyl/N-ethyl adjacent to an activating group) is 1. The van der Waals surface area contributed by atoms with Crippen molar-refractivity contribution in [3.63, 3.8) is 0 Å². The van der Waals surface area contributed by atoms with Gasteiger partial charge in [0.2, 0.25) is 0 Å². The van der Waals surface area contributed by atoms with E-state index in [0.29, 0.717) is 6.04 Å². The zero-order chi connectivity index (χ0) is 13.5. The van der Waals surface area contributed by atoms with Crippen LogP contribution in [0, 0.1) is 11.8 Å². The molecular formula is C18H33N. The maximum absolute atomic E-state index is 3.78. The van der Waals surface area contributed by atoms with Gasteiger partial charge in [-0.05, 0) is 50.5 Å². The van der Waals surface area contributed by atoms with Crippen molar-refractivity contribution in [3.8, 4) is 0 Å². The second-order valence-electron chi connectivity index (χ2n) is 6.63. The minimum absolute atomic E-state index is 0.708. The van der Waals surface area contributed by atoms with Crippen molar-refractivity contribution in [2.75, 3.05) is 6.54 Å². The fourth-order valence-electron chi connectivity index (χ4n) is 4.10. The van der Waals surface area contributed by atoms with Crippen LogP contribution in [0.1, 0.15) is 78.1 Å². The van der Waals surface area contributed by atoms with Gasteiger partial charge in [0.15, 0.2) is 0 Å². The lowest BCUT2D eigenvalue weighted by molar-refractivity contribution is 0.226. The third-order valence-electron chi connectivity index (χ3n) is 5.23. The van der Waals surface area contributed by atoms with Crippen LogP contribution in [0.4, 0.5) is 0 Å². The SMILES string of the molecule is CCCCC1CCC(C(NCC)C2=CCCC2)CC1. The van der Waals surface area contributed by atoms with E-state index in [-0.39, 0.29) is 0 Å². The largest absolute Gasteiger partial charge is 0.310 e. The number of hydrogen-bond acceptors (Lipinski definition) is 1. The molecule has 0 bridgehead atoms. The average Bonchev–Trinajstić information content (AvgIpc) is 2.97. The minimum Gasteiger partial charge on any atom is -0.310 e. The van der Waals surface area contributed by atoms with Gasteiger partial charge in [0, 0.05) is 6.04 Å². The van der Waals surface area contributed by atoms with Crippen LogP contribution in [-0.2, 0) is 0 Å². The zero-order valence-corrected chi connectivity index (χ0v) is 13.1. The molecule has 19 heavy (non-hydrogen) atoms. The van der Waals surface area contributed by atoms with Gasteiger partial charge in [0.05, 0.1) is 0 Å². The molecule has 1 N–H and O–H groups in total. The van der Waals surface area contributed by atoms with Crippen LogP contribution in [0.15, 0.2) is 11.6 Å². The average molecular weight is 263 g/mol. The number of rotatable bonds is 7. The van der Waals surface area contributed by atoms with Crippen molar-refractivity contribution < 1.29 is 0 Å². The molecule has 0 saturated heterocycles. The van der Waals surface area contributed by atoms with E-state index in [1.54, 1.807) is 5.57 Å². The van der Waals surface area contributed by atoms with Crippen LogP contribution < -0.4 is 5.32 Å². The van der Waals surface area contributed by atoms with Crippen molar-refractivity contribution >= 4 is 0 Å². The molecule has 0 aromatic carbocycles. The second kappa shape index (κ2) is 8.09. The van der Waals surface area contributed by atoms with E-state index in [9.17, 15) is 0 Å². The van der Waals surface area contributed by atoms with Crippen molar-refractivity contribution in [1.82, 2.24) is 5.32 Å². The van der Waals surface area contributed by atoms with E-state index in [0.717, 1.165) is 18.4 Å². The topological polar surface area (TPSA) is 12.0 Å². The van der Waals surface area contributed by atoms with E-state index in [1.807, 2.05) is 0 Å². The van der Waals surface area contributed by atoms with Gasteiger partial charge >= 0.3 is 0 Å². The summed E-state index contributed by atoms with van der Waals surface area (Å²) in [6, 6.07) is 0.708. The third-order valence-corrected chi connectivity index (χ3v) is 5.23. The van der Waals surface area contributed by atoms with E-state index in [4.69, 9.17) is 0 Å². The van der Waals surface area contributed by atoms with Crippen LogP contribution in [0.2, 0.25) is 0 Å². The summed E-state index contributed by atoms with van der Waals surface area (Å²) in [7, 11) is 0. The van der Waals surface area contributed by atoms with Gasteiger partial charge in [-0.2, -0.15) is 0 Å². The molecule has 0 radical (unpaired) electrons. The molecule has 0 heterocycles. The first-order valence-corrected chi connectivity index (χ1v) is 8.77. The Bertz CT molecular complexity index is 273. The standard InChI is InChI=1S/C18H33N/c1-3-5-8-15-11-13-17(14-12-15)18(19-4-2)16-9-6-7-10-16/h9,15,17-19H,3-8,10-14H2,1-2H3. The first-order valence-electron chi connectivity index (χ1n) is 8.77. The number of hydrogen-bond donors (Lipinski definition) is 1. The van der Waals surface area contributed by atoms with E-state index in [2.05, 4.69) is 25.2 Å². The Hall–Kier alpha value is -0.300. The first kappa shape index (κ1) is 15.1. The molecule has 2 aliphatic carbocycles. The maximum atomic E-state index is 3.78. The molecule has 0 aliphatic heterocycles. The molecule has 1 atom stereocenters. The first-order chi connectivity index (χ1) is 9.35. The lowest BCUT2D eigenvalue weighted by Gasteiger charge is -2.35. The van der Waals surface area contributed by atoms with Crippen LogP contribution >= 0.6 is 0 Å². The molecule has 1 saturated carbocycles. The van der Waals surface area contributed by atoms with E-state index >= 15 is 0 Å². The molecule has 1 nitrogen and oxygen atoms in total. The second-order valence-corrected chi connectivity index (χ2v) is 6.63. The highest BCUT2D eigenvalue weighted by Gasteiger charge is 2.29. The van der Waals surface area contributed by atoms with Crippen molar-refractivity contribution in [3.05, 3.63) is 11.6 Å². The predicted molar refractivity (Wildman–Crippen MR) is 84.4 cm³/mol. The Balaban J connectivity index is 1.83. The molecule has 2 aliphatic rings. The quantitative estimate of drug-likeness (QED) is 0.632. The number of unbranched alkanes of at least 4 members (excludes halogenated alkanes) is 1. The van der Waals surface area contributed by atoms with E-state index < -0.39 is 0 Å². The molecular weight excluding hydrogens is 230 g/mol. The lowest BCUT2D eigenvalue weighted by Crippen LogP contribution is -2.39. The molecule has 1 unspecified atom stereocenters. The number of nitrogens with one attached hydrogen (secondary N) is 1. The van der Waals surface area contributed by atoms with Crippen LogP contribution in [-0.4, -0.2) is 12.6 Å². The van der Waals surface area contributed by atoms with Gasteiger partial charge in [-0.1, -0.05) is 57.6 Å². The molecule has 0 aromatic heterocycles. The summed E-state index contributed by atoms with van der Waals surface area (Å²) in [4.78, 5) is 0. The van der Waals surface area contributed by atoms with Gasteiger partial charge in [-0.3, -0.25) is 0 Å². The minimum atomic E-state index is 0.708. The predicted octanol–water partition coefficient (Wildman–Crippen LogP) is 5.07. The molecule has 1 fully saturated rings. The van der Waals surface area contributed by atoms with Crippen LogP contribution in [0.5, 0.6) is 0 Å². The highest BCUT2D eigenvalue weighted by Crippen LogP contribution is 2.37. The fraction of sp³-hybridized carbons (Fsp3) is 0.889. The molecule has 1 heteroatoms. The Labute approximate surface area is 120 Å². The molecule has 0 spiro atoms. The summed E-state index contributed by atoms with van der Waals surface area (Å²) in [5, 5.41) is 3.78. The molecule has 2 rings (SSSR count). The van der Waals surface area contributed by atoms with E-state index in [1.165, 1.54) is 64.2 Å². The maximum Gasteiger partial charge on any atom is 0.0307 e. The normalized spacial score (nSPS) is 29.3. The molecule has 110 valence electrons. The summed E-state index contributed by atoms with van der Waals surface area (Å²) in [6.07, 6.45) is 16.8. The zero-order valence-electron chi connectivity index (χ0n) is 13.1. The summed E-state index contributed by atoms with van der Waals surface area (Å²) >= 11 is 0. The van der Waals surface area contributed by atoms with Crippen LogP contribution in [0.3, 0.4) is 0 Å². The monoisotopic (exact) mass is 263 g/mol. The smallest absolute Gasteiger partial charge is 0.0307 e. The summed E-state index contributed by atoms with van der Waals surface area (Å²) < 4.78 is 0. The number of allylic oxidation sites excluding steroid dienone is 1. The Morgan fingerprint density at radius 3 is 2.58 bits per heavy atom. The van der Waals surface area contributed by atoms with Crippen LogP contribution in [0.25, 0.3) is 0 Å². The molecule has 0 amide bonds. The van der Waals surface area contributed by atoms with Gasteiger partial charge in [0.25, 0.3) is 0 Å². The lowest BCUT2D eigenvalue weighted by atomic mass is 9.75. The summed E-state index contributed by atoms with van der Waals surface area (Å²) in [6.45, 7) is 5.70. The van der Waals surface area contributed by atoms with Crippen molar-refractivity contribution in [2.24, 2.45) is 11.8 Å². The summed E-state index contributed by atoms with van der Waals surface area (Å²) in [5.74, 6) is 1.96. The van der Waals surface area contributed by atoms with Gasteiger partial charge in [-0.15, -0.1) is 0 Å². The Morgan fingerprint density at radius 2 is 2.00 bits per heavy atom. The van der Waals surface area contributed by atoms with Gasteiger partial charge in [0.1, 0.15) is 0 Å². The third kappa shape index (κ3) is 4.34. The van der Waals surface area contributed by atoms with Gasteiger partial charge < -0.3 is 5.32 Å².